The fraction of sp³-hybridized carbons (Fsp3) is 0.357. The molecule has 2 rings (SSSR count). The van der Waals surface area contributed by atoms with E-state index in [2.05, 4.69) is 10.6 Å². The van der Waals surface area contributed by atoms with Gasteiger partial charge in [-0.05, 0) is 30.5 Å². The van der Waals surface area contributed by atoms with Gasteiger partial charge in [-0.25, -0.2) is 0 Å². The number of imide groups is 1. The number of phenolic OH excluding ortho intramolecular Hbond substituents is 1. The van der Waals surface area contributed by atoms with E-state index in [9.17, 15) is 14.4 Å². The fourth-order valence-electron chi connectivity index (χ4n) is 2.02. The van der Waals surface area contributed by atoms with E-state index in [0.29, 0.717) is 12.8 Å². The van der Waals surface area contributed by atoms with E-state index in [0.717, 1.165) is 5.56 Å². The lowest BCUT2D eigenvalue weighted by Crippen LogP contribution is -2.52. The van der Waals surface area contributed by atoms with Crippen LogP contribution in [0.15, 0.2) is 24.3 Å². The summed E-state index contributed by atoms with van der Waals surface area (Å²) in [5.74, 6) is -0.793. The van der Waals surface area contributed by atoms with Crippen LogP contribution >= 0.6 is 0 Å². The van der Waals surface area contributed by atoms with Crippen LogP contribution < -0.4 is 10.6 Å². The Hall–Kier alpha value is -2.37. The summed E-state index contributed by atoms with van der Waals surface area (Å²) in [6.07, 6.45) is 1.37. The van der Waals surface area contributed by atoms with Gasteiger partial charge < -0.3 is 10.4 Å². The molecule has 1 aromatic rings. The van der Waals surface area contributed by atoms with E-state index in [-0.39, 0.29) is 30.4 Å². The number of carbonyl (C=O) groups is 3. The van der Waals surface area contributed by atoms with Crippen molar-refractivity contribution >= 4 is 17.7 Å². The summed E-state index contributed by atoms with van der Waals surface area (Å²) in [6, 6.07) is 5.99. The number of amides is 3. The summed E-state index contributed by atoms with van der Waals surface area (Å²) in [4.78, 5) is 34.2. The minimum Gasteiger partial charge on any atom is -0.508 e. The topological polar surface area (TPSA) is 95.5 Å². The molecule has 1 aromatic carbocycles. The lowest BCUT2D eigenvalue weighted by Gasteiger charge is -2.21. The molecule has 1 heterocycles. The van der Waals surface area contributed by atoms with Gasteiger partial charge in [0.25, 0.3) is 0 Å². The van der Waals surface area contributed by atoms with E-state index in [4.69, 9.17) is 5.11 Å². The summed E-state index contributed by atoms with van der Waals surface area (Å²) in [5.41, 5.74) is 0.932. The average molecular weight is 276 g/mol. The van der Waals surface area contributed by atoms with Crippen LogP contribution in [0.1, 0.15) is 24.8 Å². The monoisotopic (exact) mass is 276 g/mol. The minimum absolute atomic E-state index is 0.182. The minimum atomic E-state index is -0.625. The summed E-state index contributed by atoms with van der Waals surface area (Å²) < 4.78 is 0. The van der Waals surface area contributed by atoms with Gasteiger partial charge in [0, 0.05) is 12.8 Å². The van der Waals surface area contributed by atoms with Crippen molar-refractivity contribution < 1.29 is 19.5 Å². The Kier molecular flexibility index (Phi) is 4.34. The molecule has 1 unspecified atom stereocenters. The van der Waals surface area contributed by atoms with Gasteiger partial charge in [-0.2, -0.15) is 0 Å². The molecule has 1 aliphatic rings. The molecule has 1 saturated heterocycles. The van der Waals surface area contributed by atoms with Gasteiger partial charge in [0.15, 0.2) is 0 Å². The van der Waals surface area contributed by atoms with Crippen LogP contribution in [0.25, 0.3) is 0 Å². The maximum absolute atomic E-state index is 11.8. The highest BCUT2D eigenvalue weighted by Crippen LogP contribution is 2.11. The lowest BCUT2D eigenvalue weighted by atomic mass is 10.1. The number of aromatic hydroxyl groups is 1. The zero-order chi connectivity index (χ0) is 14.5. The molecule has 1 fully saturated rings. The van der Waals surface area contributed by atoms with Crippen molar-refractivity contribution in [2.24, 2.45) is 0 Å². The third-order valence-corrected chi connectivity index (χ3v) is 3.15. The van der Waals surface area contributed by atoms with Gasteiger partial charge in [-0.15, -0.1) is 0 Å². The first-order valence-corrected chi connectivity index (χ1v) is 6.45. The van der Waals surface area contributed by atoms with Gasteiger partial charge >= 0.3 is 0 Å². The first kappa shape index (κ1) is 14.0. The van der Waals surface area contributed by atoms with E-state index in [1.54, 1.807) is 24.3 Å². The number of piperidine rings is 1. The molecule has 0 bridgehead atoms. The summed E-state index contributed by atoms with van der Waals surface area (Å²) in [5, 5.41) is 14.0. The predicted octanol–water partition coefficient (Wildman–Crippen LogP) is 0.246. The van der Waals surface area contributed by atoms with E-state index < -0.39 is 11.9 Å². The number of rotatable bonds is 4. The van der Waals surface area contributed by atoms with Crippen molar-refractivity contribution in [3.8, 4) is 5.75 Å². The summed E-state index contributed by atoms with van der Waals surface area (Å²) >= 11 is 0. The molecule has 0 aliphatic carbocycles. The second-order valence-corrected chi connectivity index (χ2v) is 4.74. The Morgan fingerprint density at radius 3 is 2.65 bits per heavy atom. The molecule has 0 spiro atoms. The van der Waals surface area contributed by atoms with Gasteiger partial charge in [0.1, 0.15) is 11.8 Å². The Labute approximate surface area is 116 Å². The first-order chi connectivity index (χ1) is 9.54. The molecule has 106 valence electrons. The molecule has 3 amide bonds. The highest BCUT2D eigenvalue weighted by atomic mass is 16.3. The molecule has 6 nitrogen and oxygen atoms in total. The number of benzene rings is 1. The molecule has 1 atom stereocenters. The van der Waals surface area contributed by atoms with Crippen LogP contribution in [0.2, 0.25) is 0 Å². The first-order valence-electron chi connectivity index (χ1n) is 6.45. The van der Waals surface area contributed by atoms with E-state index in [1.165, 1.54) is 0 Å². The standard InChI is InChI=1S/C14H16N2O4/c17-10-4-1-9(2-5-10)3-7-12(18)15-11-6-8-13(19)16-14(11)20/h1-2,4-5,11,17H,3,6-8H2,(H,15,18)(H,16,19,20). The quantitative estimate of drug-likeness (QED) is 0.687. The third kappa shape index (κ3) is 3.81. The molecule has 0 saturated carbocycles. The SMILES string of the molecule is O=C1CCC(NC(=O)CCc2ccc(O)cc2)C(=O)N1. The summed E-state index contributed by atoms with van der Waals surface area (Å²) in [7, 11) is 0. The predicted molar refractivity (Wildman–Crippen MR) is 70.7 cm³/mol. The molecular formula is C14H16N2O4. The molecule has 3 N–H and O–H groups in total. The van der Waals surface area contributed by atoms with Crippen molar-refractivity contribution in [1.29, 1.82) is 0 Å². The molecular weight excluding hydrogens is 260 g/mol. The molecule has 20 heavy (non-hydrogen) atoms. The fourth-order valence-corrected chi connectivity index (χ4v) is 2.02. The van der Waals surface area contributed by atoms with Crippen molar-refractivity contribution in [2.45, 2.75) is 31.7 Å². The normalized spacial score (nSPS) is 18.5. The van der Waals surface area contributed by atoms with Gasteiger partial charge in [-0.3, -0.25) is 19.7 Å². The number of phenols is 1. The van der Waals surface area contributed by atoms with Crippen molar-refractivity contribution in [3.63, 3.8) is 0 Å². The largest absolute Gasteiger partial charge is 0.508 e. The Bertz CT molecular complexity index is 524. The zero-order valence-electron chi connectivity index (χ0n) is 10.9. The maximum Gasteiger partial charge on any atom is 0.249 e. The van der Waals surface area contributed by atoms with Crippen LogP contribution in [0, 0.1) is 0 Å². The van der Waals surface area contributed by atoms with E-state index >= 15 is 0 Å². The highest BCUT2D eigenvalue weighted by Gasteiger charge is 2.27. The van der Waals surface area contributed by atoms with Crippen molar-refractivity contribution in [3.05, 3.63) is 29.8 Å². The van der Waals surface area contributed by atoms with Gasteiger partial charge in [0.05, 0.1) is 0 Å². The number of hydrogen-bond donors (Lipinski definition) is 3. The van der Waals surface area contributed by atoms with Crippen LogP contribution in [0.5, 0.6) is 5.75 Å². The number of aryl methyl sites for hydroxylation is 1. The van der Waals surface area contributed by atoms with Gasteiger partial charge in [-0.1, -0.05) is 12.1 Å². The van der Waals surface area contributed by atoms with Crippen LogP contribution in [0.3, 0.4) is 0 Å². The second-order valence-electron chi connectivity index (χ2n) is 4.74. The Morgan fingerprint density at radius 1 is 1.30 bits per heavy atom. The van der Waals surface area contributed by atoms with Crippen LogP contribution in [0.4, 0.5) is 0 Å². The number of nitrogens with one attached hydrogen (secondary N) is 2. The Balaban J connectivity index is 1.79. The van der Waals surface area contributed by atoms with Crippen LogP contribution in [-0.4, -0.2) is 28.9 Å². The molecule has 0 aromatic heterocycles. The summed E-state index contributed by atoms with van der Waals surface area (Å²) in [6.45, 7) is 0. The highest BCUT2D eigenvalue weighted by molar-refractivity contribution is 6.01. The molecule has 1 aliphatic heterocycles. The second kappa shape index (κ2) is 6.18. The molecule has 0 radical (unpaired) electrons. The average Bonchev–Trinajstić information content (AvgIpc) is 2.41. The van der Waals surface area contributed by atoms with E-state index in [1.807, 2.05) is 0 Å². The smallest absolute Gasteiger partial charge is 0.249 e. The van der Waals surface area contributed by atoms with Crippen LogP contribution in [-0.2, 0) is 20.8 Å². The lowest BCUT2D eigenvalue weighted by molar-refractivity contribution is -0.137. The zero-order valence-corrected chi connectivity index (χ0v) is 10.9. The number of carbonyl (C=O) groups excluding carboxylic acids is 3. The van der Waals surface area contributed by atoms with Crippen molar-refractivity contribution in [2.75, 3.05) is 0 Å². The third-order valence-electron chi connectivity index (χ3n) is 3.15. The Morgan fingerprint density at radius 2 is 2.00 bits per heavy atom. The van der Waals surface area contributed by atoms with Crippen molar-refractivity contribution in [1.82, 2.24) is 10.6 Å². The molecule has 6 heteroatoms. The maximum atomic E-state index is 11.8. The number of hydrogen-bond acceptors (Lipinski definition) is 4. The van der Waals surface area contributed by atoms with Gasteiger partial charge in [0.2, 0.25) is 17.7 Å².